The first-order chi connectivity index (χ1) is 12.6. The number of benzene rings is 2. The van der Waals surface area contributed by atoms with Gasteiger partial charge in [0, 0.05) is 12.3 Å². The fourth-order valence-electron chi connectivity index (χ4n) is 2.45. The first-order valence-electron chi connectivity index (χ1n) is 8.45. The van der Waals surface area contributed by atoms with Gasteiger partial charge in [-0.1, -0.05) is 30.3 Å². The van der Waals surface area contributed by atoms with Crippen LogP contribution in [0.1, 0.15) is 28.4 Å². The molecule has 26 heavy (non-hydrogen) atoms. The molecule has 0 saturated heterocycles. The van der Waals surface area contributed by atoms with Gasteiger partial charge in [0.25, 0.3) is 0 Å². The third kappa shape index (κ3) is 6.31. The summed E-state index contributed by atoms with van der Waals surface area (Å²) in [7, 11) is 0. The zero-order valence-corrected chi connectivity index (χ0v) is 14.7. The van der Waals surface area contributed by atoms with Gasteiger partial charge in [-0.05, 0) is 36.2 Å². The number of carboxylic acids is 1. The van der Waals surface area contributed by atoms with Crippen molar-refractivity contribution in [3.8, 4) is 0 Å². The van der Waals surface area contributed by atoms with Crippen LogP contribution < -0.4 is 5.32 Å². The number of aromatic carboxylic acids is 1. The van der Waals surface area contributed by atoms with Crippen molar-refractivity contribution in [3.05, 3.63) is 65.2 Å². The third-order valence-corrected chi connectivity index (χ3v) is 3.65. The van der Waals surface area contributed by atoms with Crippen LogP contribution in [0.5, 0.6) is 0 Å². The van der Waals surface area contributed by atoms with Gasteiger partial charge in [-0.15, -0.1) is 0 Å². The van der Waals surface area contributed by atoms with Gasteiger partial charge in [0.2, 0.25) is 5.91 Å². The van der Waals surface area contributed by atoms with Crippen molar-refractivity contribution in [2.75, 3.05) is 25.1 Å². The van der Waals surface area contributed by atoms with Gasteiger partial charge in [0.05, 0.1) is 31.8 Å². The van der Waals surface area contributed by atoms with Crippen molar-refractivity contribution in [2.24, 2.45) is 0 Å². The lowest BCUT2D eigenvalue weighted by Gasteiger charge is -2.09. The molecule has 0 unspecified atom stereocenters. The van der Waals surface area contributed by atoms with Crippen molar-refractivity contribution < 1.29 is 24.2 Å². The van der Waals surface area contributed by atoms with Crippen molar-refractivity contribution >= 4 is 17.6 Å². The van der Waals surface area contributed by atoms with E-state index < -0.39 is 5.97 Å². The Morgan fingerprint density at radius 2 is 1.81 bits per heavy atom. The minimum atomic E-state index is -1.04. The summed E-state index contributed by atoms with van der Waals surface area (Å²) in [5.41, 5.74) is 2.20. The van der Waals surface area contributed by atoms with E-state index in [0.29, 0.717) is 37.7 Å². The van der Waals surface area contributed by atoms with Gasteiger partial charge in [-0.2, -0.15) is 0 Å². The molecule has 0 saturated carbocycles. The Morgan fingerprint density at radius 1 is 1.04 bits per heavy atom. The number of anilines is 1. The van der Waals surface area contributed by atoms with E-state index >= 15 is 0 Å². The summed E-state index contributed by atoms with van der Waals surface area (Å²) in [6.07, 6.45) is -0.00242. The van der Waals surface area contributed by atoms with Gasteiger partial charge in [0.15, 0.2) is 0 Å². The summed E-state index contributed by atoms with van der Waals surface area (Å²) >= 11 is 0. The van der Waals surface area contributed by atoms with Crippen LogP contribution >= 0.6 is 0 Å². The summed E-state index contributed by atoms with van der Waals surface area (Å²) in [4.78, 5) is 23.5. The molecule has 0 heterocycles. The lowest BCUT2D eigenvalue weighted by molar-refractivity contribution is -0.115. The number of rotatable bonds is 10. The fourth-order valence-corrected chi connectivity index (χ4v) is 2.45. The van der Waals surface area contributed by atoms with E-state index in [1.54, 1.807) is 24.3 Å². The fraction of sp³-hybridized carbons (Fsp3) is 0.300. The molecule has 0 fully saturated rings. The van der Waals surface area contributed by atoms with E-state index in [-0.39, 0.29) is 17.9 Å². The Kier molecular flexibility index (Phi) is 7.79. The quantitative estimate of drug-likeness (QED) is 0.638. The van der Waals surface area contributed by atoms with Crippen LogP contribution in [0.2, 0.25) is 0 Å². The SMILES string of the molecule is CCOCCOCc1cccc(NC(=O)Cc2ccccc2C(=O)O)c1. The Hall–Kier alpha value is -2.70. The second kappa shape index (κ2) is 10.3. The lowest BCUT2D eigenvalue weighted by atomic mass is 10.0. The van der Waals surface area contributed by atoms with Crippen molar-refractivity contribution in [2.45, 2.75) is 20.0 Å². The highest BCUT2D eigenvalue weighted by atomic mass is 16.5. The number of hydrogen-bond donors (Lipinski definition) is 2. The monoisotopic (exact) mass is 357 g/mol. The maximum atomic E-state index is 12.2. The van der Waals surface area contributed by atoms with Crippen LogP contribution in [-0.2, 0) is 27.3 Å². The maximum Gasteiger partial charge on any atom is 0.335 e. The average molecular weight is 357 g/mol. The molecule has 2 aromatic rings. The van der Waals surface area contributed by atoms with Crippen molar-refractivity contribution in [1.29, 1.82) is 0 Å². The topological polar surface area (TPSA) is 84.9 Å². The summed E-state index contributed by atoms with van der Waals surface area (Å²) in [5.74, 6) is -1.31. The summed E-state index contributed by atoms with van der Waals surface area (Å²) in [6, 6.07) is 13.9. The number of amides is 1. The molecule has 0 aromatic heterocycles. The summed E-state index contributed by atoms with van der Waals surface area (Å²) in [5, 5.41) is 12.0. The van der Waals surface area contributed by atoms with Gasteiger partial charge < -0.3 is 19.9 Å². The molecule has 2 rings (SSSR count). The van der Waals surface area contributed by atoms with Gasteiger partial charge in [0.1, 0.15) is 0 Å². The van der Waals surface area contributed by atoms with E-state index in [9.17, 15) is 14.7 Å². The first kappa shape index (κ1) is 19.6. The van der Waals surface area contributed by atoms with Crippen molar-refractivity contribution in [3.63, 3.8) is 0 Å². The molecule has 0 spiro atoms. The zero-order valence-electron chi connectivity index (χ0n) is 14.7. The minimum Gasteiger partial charge on any atom is -0.478 e. The van der Waals surface area contributed by atoms with Crippen LogP contribution in [0.25, 0.3) is 0 Å². The molecule has 6 heteroatoms. The van der Waals surface area contributed by atoms with Crippen LogP contribution in [0.4, 0.5) is 5.69 Å². The highest BCUT2D eigenvalue weighted by molar-refractivity contribution is 5.96. The molecule has 0 aliphatic carbocycles. The number of ether oxygens (including phenoxy) is 2. The molecular formula is C20H23NO5. The largest absolute Gasteiger partial charge is 0.478 e. The van der Waals surface area contributed by atoms with E-state index in [0.717, 1.165) is 5.56 Å². The normalized spacial score (nSPS) is 10.5. The average Bonchev–Trinajstić information content (AvgIpc) is 2.62. The van der Waals surface area contributed by atoms with E-state index in [1.165, 1.54) is 6.07 Å². The molecular weight excluding hydrogens is 334 g/mol. The molecule has 2 N–H and O–H groups in total. The molecule has 0 bridgehead atoms. The second-order valence-electron chi connectivity index (χ2n) is 5.64. The Labute approximate surface area is 152 Å². The number of nitrogens with one attached hydrogen (secondary N) is 1. The standard InChI is InChI=1S/C20H23NO5/c1-2-25-10-11-26-14-15-6-5-8-17(12-15)21-19(22)13-16-7-3-4-9-18(16)20(23)24/h3-9,12H,2,10-11,13-14H2,1H3,(H,21,22)(H,23,24). The van der Waals surface area contributed by atoms with Crippen LogP contribution in [-0.4, -0.2) is 36.8 Å². The number of carbonyl (C=O) groups excluding carboxylic acids is 1. The van der Waals surface area contributed by atoms with Crippen molar-refractivity contribution in [1.82, 2.24) is 0 Å². The van der Waals surface area contributed by atoms with Crippen LogP contribution in [0.3, 0.4) is 0 Å². The molecule has 0 aliphatic heterocycles. The first-order valence-corrected chi connectivity index (χ1v) is 8.45. The Balaban J connectivity index is 1.91. The minimum absolute atomic E-state index is 0.00242. The zero-order chi connectivity index (χ0) is 18.8. The molecule has 6 nitrogen and oxygen atoms in total. The predicted molar refractivity (Wildman–Crippen MR) is 98.3 cm³/mol. The van der Waals surface area contributed by atoms with Crippen LogP contribution in [0.15, 0.2) is 48.5 Å². The molecule has 0 atom stereocenters. The van der Waals surface area contributed by atoms with Gasteiger partial charge >= 0.3 is 5.97 Å². The molecule has 2 aromatic carbocycles. The lowest BCUT2D eigenvalue weighted by Crippen LogP contribution is -2.16. The Morgan fingerprint density at radius 3 is 2.58 bits per heavy atom. The van der Waals surface area contributed by atoms with Gasteiger partial charge in [-0.3, -0.25) is 4.79 Å². The highest BCUT2D eigenvalue weighted by Gasteiger charge is 2.12. The van der Waals surface area contributed by atoms with E-state index in [4.69, 9.17) is 9.47 Å². The summed E-state index contributed by atoms with van der Waals surface area (Å²) in [6.45, 7) is 4.09. The highest BCUT2D eigenvalue weighted by Crippen LogP contribution is 2.14. The smallest absolute Gasteiger partial charge is 0.335 e. The third-order valence-electron chi connectivity index (χ3n) is 3.65. The number of carboxylic acid groups (broad SMARTS) is 1. The van der Waals surface area contributed by atoms with Crippen LogP contribution in [0, 0.1) is 0 Å². The second-order valence-corrected chi connectivity index (χ2v) is 5.64. The maximum absolute atomic E-state index is 12.2. The van der Waals surface area contributed by atoms with Gasteiger partial charge in [-0.25, -0.2) is 4.79 Å². The number of hydrogen-bond acceptors (Lipinski definition) is 4. The van der Waals surface area contributed by atoms with E-state index in [2.05, 4.69) is 5.32 Å². The summed E-state index contributed by atoms with van der Waals surface area (Å²) < 4.78 is 10.7. The molecule has 0 radical (unpaired) electrons. The molecule has 1 amide bonds. The molecule has 138 valence electrons. The molecule has 0 aliphatic rings. The predicted octanol–water partition coefficient (Wildman–Crippen LogP) is 3.12. The van der Waals surface area contributed by atoms with E-state index in [1.807, 2.05) is 25.1 Å². The number of carbonyl (C=O) groups is 2. The Bertz CT molecular complexity index is 744.